The lowest BCUT2D eigenvalue weighted by Gasteiger charge is -2.14. The number of anilines is 1. The first-order valence-electron chi connectivity index (χ1n) is 7.66. The Hall–Kier alpha value is -3.20. The Morgan fingerprint density at radius 1 is 1.08 bits per heavy atom. The summed E-state index contributed by atoms with van der Waals surface area (Å²) in [7, 11) is 4.65. The Bertz CT molecular complexity index is 783. The maximum absolute atomic E-state index is 12.4. The van der Waals surface area contributed by atoms with Crippen molar-refractivity contribution in [1.82, 2.24) is 0 Å². The van der Waals surface area contributed by atoms with Crippen LogP contribution in [0, 0.1) is 17.2 Å². The summed E-state index contributed by atoms with van der Waals surface area (Å²) in [5.41, 5.74) is 1.34. The second kappa shape index (κ2) is 8.60. The van der Waals surface area contributed by atoms with E-state index in [2.05, 4.69) is 5.32 Å². The van der Waals surface area contributed by atoms with Crippen molar-refractivity contribution >= 4 is 11.6 Å². The number of nitriles is 1. The van der Waals surface area contributed by atoms with Crippen LogP contribution in [0.5, 0.6) is 17.2 Å². The van der Waals surface area contributed by atoms with Crippen molar-refractivity contribution in [3.8, 4) is 23.3 Å². The molecule has 1 atom stereocenters. The summed E-state index contributed by atoms with van der Waals surface area (Å²) in [4.78, 5) is 12.4. The lowest BCUT2D eigenvalue weighted by Crippen LogP contribution is -2.23. The molecule has 1 amide bonds. The zero-order valence-electron chi connectivity index (χ0n) is 14.4. The fourth-order valence-electron chi connectivity index (χ4n) is 2.37. The minimum absolute atomic E-state index is 0.236. The van der Waals surface area contributed by atoms with Crippen LogP contribution >= 0.6 is 0 Å². The van der Waals surface area contributed by atoms with Crippen molar-refractivity contribution in [2.45, 2.75) is 6.42 Å². The highest BCUT2D eigenvalue weighted by Crippen LogP contribution is 2.27. The molecular weight excluding hydrogens is 320 g/mol. The van der Waals surface area contributed by atoms with Crippen molar-refractivity contribution < 1.29 is 19.0 Å². The first-order valence-corrected chi connectivity index (χ1v) is 7.66. The number of carbonyl (C=O) groups is 1. The van der Waals surface area contributed by atoms with E-state index in [0.29, 0.717) is 22.9 Å². The zero-order chi connectivity index (χ0) is 18.2. The minimum Gasteiger partial charge on any atom is -0.497 e. The quantitative estimate of drug-likeness (QED) is 0.838. The maximum atomic E-state index is 12.4. The maximum Gasteiger partial charge on any atom is 0.242 e. The molecule has 0 bridgehead atoms. The van der Waals surface area contributed by atoms with Crippen LogP contribution in [0.4, 0.5) is 5.69 Å². The SMILES string of the molecule is COc1cccc(NC(=O)[C@H](C#N)Cc2ccc(OC)cc2OC)c1. The summed E-state index contributed by atoms with van der Waals surface area (Å²) < 4.78 is 15.6. The van der Waals surface area contributed by atoms with E-state index in [9.17, 15) is 10.1 Å². The highest BCUT2D eigenvalue weighted by atomic mass is 16.5. The molecule has 0 heterocycles. The molecule has 25 heavy (non-hydrogen) atoms. The number of ether oxygens (including phenoxy) is 3. The van der Waals surface area contributed by atoms with Crippen molar-refractivity contribution in [2.24, 2.45) is 5.92 Å². The van der Waals surface area contributed by atoms with E-state index < -0.39 is 5.92 Å². The average molecular weight is 340 g/mol. The number of carbonyl (C=O) groups excluding carboxylic acids is 1. The van der Waals surface area contributed by atoms with E-state index in [-0.39, 0.29) is 12.3 Å². The normalized spacial score (nSPS) is 11.1. The molecule has 0 saturated carbocycles. The summed E-state index contributed by atoms with van der Waals surface area (Å²) in [5.74, 6) is 0.619. The molecule has 2 rings (SSSR count). The van der Waals surface area contributed by atoms with Crippen LogP contribution < -0.4 is 19.5 Å². The molecule has 1 N–H and O–H groups in total. The summed E-state index contributed by atoms with van der Waals surface area (Å²) in [5, 5.41) is 12.1. The molecule has 0 aliphatic heterocycles. The van der Waals surface area contributed by atoms with Crippen LogP contribution in [0.3, 0.4) is 0 Å². The van der Waals surface area contributed by atoms with Gasteiger partial charge in [0.25, 0.3) is 0 Å². The summed E-state index contributed by atoms with van der Waals surface area (Å²) in [6.45, 7) is 0. The first-order chi connectivity index (χ1) is 12.1. The Labute approximate surface area is 146 Å². The fraction of sp³-hybridized carbons (Fsp3) is 0.263. The van der Waals surface area contributed by atoms with Gasteiger partial charge in [-0.25, -0.2) is 0 Å². The van der Waals surface area contributed by atoms with Gasteiger partial charge in [0.05, 0.1) is 27.4 Å². The molecule has 0 fully saturated rings. The summed E-state index contributed by atoms with van der Waals surface area (Å²) >= 11 is 0. The van der Waals surface area contributed by atoms with E-state index in [4.69, 9.17) is 14.2 Å². The van der Waals surface area contributed by atoms with Gasteiger partial charge in [0, 0.05) is 24.2 Å². The first kappa shape index (κ1) is 18.1. The van der Waals surface area contributed by atoms with Gasteiger partial charge in [-0.05, 0) is 23.8 Å². The Morgan fingerprint density at radius 3 is 2.44 bits per heavy atom. The van der Waals surface area contributed by atoms with Gasteiger partial charge in [-0.15, -0.1) is 0 Å². The number of rotatable bonds is 7. The van der Waals surface area contributed by atoms with E-state index in [1.807, 2.05) is 6.07 Å². The van der Waals surface area contributed by atoms with E-state index >= 15 is 0 Å². The molecule has 0 aliphatic rings. The molecule has 0 saturated heterocycles. The van der Waals surface area contributed by atoms with Gasteiger partial charge >= 0.3 is 0 Å². The van der Waals surface area contributed by atoms with Gasteiger partial charge in [0.1, 0.15) is 23.2 Å². The third-order valence-corrected chi connectivity index (χ3v) is 3.73. The molecule has 2 aromatic rings. The molecule has 6 heteroatoms. The largest absolute Gasteiger partial charge is 0.497 e. The summed E-state index contributed by atoms with van der Waals surface area (Å²) in [6, 6.07) is 14.3. The van der Waals surface area contributed by atoms with Crippen LogP contribution in [0.15, 0.2) is 42.5 Å². The van der Waals surface area contributed by atoms with E-state index in [1.165, 1.54) is 7.11 Å². The number of hydrogen-bond acceptors (Lipinski definition) is 5. The topological polar surface area (TPSA) is 80.6 Å². The van der Waals surface area contributed by atoms with Crippen molar-refractivity contribution in [3.05, 3.63) is 48.0 Å². The third kappa shape index (κ3) is 4.64. The number of hydrogen-bond donors (Lipinski definition) is 1. The van der Waals surface area contributed by atoms with E-state index in [1.54, 1.807) is 56.7 Å². The molecular formula is C19H20N2O4. The number of nitrogens with zero attached hydrogens (tertiary/aromatic N) is 1. The number of nitrogens with one attached hydrogen (secondary N) is 1. The Balaban J connectivity index is 2.14. The predicted molar refractivity (Wildman–Crippen MR) is 94.0 cm³/mol. The second-order valence-corrected chi connectivity index (χ2v) is 5.28. The van der Waals surface area contributed by atoms with E-state index in [0.717, 1.165) is 5.56 Å². The molecule has 6 nitrogen and oxygen atoms in total. The fourth-order valence-corrected chi connectivity index (χ4v) is 2.37. The molecule has 0 radical (unpaired) electrons. The van der Waals surface area contributed by atoms with Gasteiger partial charge in [-0.2, -0.15) is 5.26 Å². The molecule has 0 aliphatic carbocycles. The van der Waals surface area contributed by atoms with Crippen LogP contribution in [0.2, 0.25) is 0 Å². The van der Waals surface area contributed by atoms with Crippen molar-refractivity contribution in [3.63, 3.8) is 0 Å². The van der Waals surface area contributed by atoms with Crippen molar-refractivity contribution in [2.75, 3.05) is 26.6 Å². The number of amides is 1. The van der Waals surface area contributed by atoms with Gasteiger partial charge in [-0.3, -0.25) is 4.79 Å². The van der Waals surface area contributed by atoms with Crippen LogP contribution in [0.25, 0.3) is 0 Å². The summed E-state index contributed by atoms with van der Waals surface area (Å²) in [6.07, 6.45) is 0.236. The molecule has 0 spiro atoms. The third-order valence-electron chi connectivity index (χ3n) is 3.73. The standard InChI is InChI=1S/C19H20N2O4/c1-23-16-6-4-5-15(10-16)21-19(22)14(12-20)9-13-7-8-17(24-2)11-18(13)25-3/h4-8,10-11,14H,9H2,1-3H3,(H,21,22)/t14-/m0/s1. The zero-order valence-corrected chi connectivity index (χ0v) is 14.4. The van der Waals surface area contributed by atoms with Crippen LogP contribution in [-0.2, 0) is 11.2 Å². The Kier molecular flexibility index (Phi) is 6.24. The molecule has 0 unspecified atom stereocenters. The predicted octanol–water partition coefficient (Wildman–Crippen LogP) is 3.03. The van der Waals surface area contributed by atoms with Gasteiger partial charge in [0.2, 0.25) is 5.91 Å². The smallest absolute Gasteiger partial charge is 0.242 e. The highest BCUT2D eigenvalue weighted by Gasteiger charge is 2.21. The second-order valence-electron chi connectivity index (χ2n) is 5.28. The highest BCUT2D eigenvalue weighted by molar-refractivity contribution is 5.94. The van der Waals surface area contributed by atoms with Crippen LogP contribution in [0.1, 0.15) is 5.56 Å². The number of benzene rings is 2. The number of methoxy groups -OCH3 is 3. The molecule has 2 aromatic carbocycles. The van der Waals surface area contributed by atoms with Gasteiger partial charge in [0.15, 0.2) is 0 Å². The lowest BCUT2D eigenvalue weighted by atomic mass is 9.98. The lowest BCUT2D eigenvalue weighted by molar-refractivity contribution is -0.118. The molecule has 130 valence electrons. The Morgan fingerprint density at radius 2 is 1.80 bits per heavy atom. The average Bonchev–Trinajstić information content (AvgIpc) is 2.66. The van der Waals surface area contributed by atoms with Gasteiger partial charge in [-0.1, -0.05) is 12.1 Å². The monoisotopic (exact) mass is 340 g/mol. The van der Waals surface area contributed by atoms with Gasteiger partial charge < -0.3 is 19.5 Å². The van der Waals surface area contributed by atoms with Crippen molar-refractivity contribution in [1.29, 1.82) is 5.26 Å². The minimum atomic E-state index is -0.853. The molecule has 0 aromatic heterocycles. The van der Waals surface area contributed by atoms with Crippen LogP contribution in [-0.4, -0.2) is 27.2 Å².